The summed E-state index contributed by atoms with van der Waals surface area (Å²) in [6.45, 7) is 16.6. The fraction of sp³-hybridized carbons (Fsp3) is 0.0755. The van der Waals surface area contributed by atoms with Gasteiger partial charge in [0, 0.05) is 10.8 Å². The molecule has 0 saturated carbocycles. The predicted molar refractivity (Wildman–Crippen MR) is 475 cm³/mol. The molecule has 0 aromatic heterocycles. The minimum absolute atomic E-state index is 0.906. The molecule has 0 spiro atoms. The molecule has 0 unspecified atom stereocenters. The van der Waals surface area contributed by atoms with Gasteiger partial charge >= 0.3 is 0 Å². The van der Waals surface area contributed by atoms with E-state index in [-0.39, 0.29) is 0 Å². The maximum atomic E-state index is 3.66. The fourth-order valence-electron chi connectivity index (χ4n) is 13.4. The average molecular weight is 1360 g/mol. The molecule has 0 aliphatic rings. The molecular formula is C106H90. The Morgan fingerprint density at radius 3 is 0.377 bits per heavy atom. The summed E-state index contributed by atoms with van der Waals surface area (Å²) in [6, 6.07) is 119. The molecule has 12 rings (SSSR count). The molecule has 106 heavy (non-hydrogen) atoms. The second-order valence-electron chi connectivity index (χ2n) is 26.8. The Bertz CT molecular complexity index is 5480. The normalized spacial score (nSPS) is 11.6. The molecule has 0 aliphatic heterocycles. The number of hydrogen-bond donors (Lipinski definition) is 0. The van der Waals surface area contributed by atoms with E-state index in [4.69, 9.17) is 0 Å². The third kappa shape index (κ3) is 21.3. The van der Waals surface area contributed by atoms with Crippen molar-refractivity contribution in [2.24, 2.45) is 0 Å². The molecule has 0 atom stereocenters. The van der Waals surface area contributed by atoms with Crippen LogP contribution in [0.4, 0.5) is 0 Å². The lowest BCUT2D eigenvalue weighted by atomic mass is 10.1. The smallest absolute Gasteiger partial charge is 0.0260 e. The van der Waals surface area contributed by atoms with E-state index in [2.05, 4.69) is 468 Å². The van der Waals surface area contributed by atoms with Crippen LogP contribution in [0.5, 0.6) is 0 Å². The average Bonchev–Trinajstić information content (AvgIpc) is 0.843. The third-order valence-electron chi connectivity index (χ3n) is 17.9. The second-order valence-corrected chi connectivity index (χ2v) is 26.8. The van der Waals surface area contributed by atoms with E-state index < -0.39 is 0 Å². The van der Waals surface area contributed by atoms with Crippen molar-refractivity contribution in [3.05, 3.63) is 409 Å². The lowest BCUT2D eigenvalue weighted by Crippen LogP contribution is -1.75. The van der Waals surface area contributed by atoms with Gasteiger partial charge in [0.15, 0.2) is 0 Å². The van der Waals surface area contributed by atoms with Crippen molar-refractivity contribution >= 4 is 167 Å². The Morgan fingerprint density at radius 1 is 0.132 bits per heavy atom. The number of fused-ring (bicyclic) bond motifs is 21. The summed E-state index contributed by atoms with van der Waals surface area (Å²) in [5.74, 6) is 0. The molecule has 0 fully saturated rings. The van der Waals surface area contributed by atoms with Crippen LogP contribution in [-0.2, 0) is 0 Å². The van der Waals surface area contributed by atoms with E-state index >= 15 is 0 Å². The second kappa shape index (κ2) is 36.3. The van der Waals surface area contributed by atoms with Crippen LogP contribution in [0.15, 0.2) is 352 Å². The molecular weight excluding hydrogens is 1270 g/mol. The zero-order valence-electron chi connectivity index (χ0n) is 62.1. The van der Waals surface area contributed by atoms with Gasteiger partial charge in [-0.3, -0.25) is 0 Å². The summed E-state index contributed by atoms with van der Waals surface area (Å²) in [7, 11) is 0. The SMILES string of the molecule is C/C=C/c1cc2c#cc3cc4ccc5cc(/C=C/C)cc(ccc6cc(/C=C/C)cc(ccc7cc(/C=C/C)cc(ccc8cc(/C=C/C)cc(ccc9cc(ccc%10cc(/C=C/C)cc(ccc%11cc(/C=C/C)cc(ccc%12cc(/C=C/C)cc(ccc(c1)c2)c%12)c%11)c%10)cc(ccc(c3)c4)c9)c8)c7)c6)c5. The monoisotopic (exact) mass is 1360 g/mol. The molecule has 12 aromatic carbocycles. The molecule has 0 nitrogen and oxygen atoms in total. The first-order valence-electron chi connectivity index (χ1n) is 36.8. The van der Waals surface area contributed by atoms with Crippen LogP contribution in [0.25, 0.3) is 167 Å². The largest absolute Gasteiger partial charge is 0.0871 e. The lowest BCUT2D eigenvalue weighted by molar-refractivity contribution is 1.69. The van der Waals surface area contributed by atoms with Gasteiger partial charge in [0.2, 0.25) is 0 Å². The van der Waals surface area contributed by atoms with Crippen molar-refractivity contribution < 1.29 is 0 Å². The highest BCUT2D eigenvalue weighted by Gasteiger charge is 2.01. The zero-order chi connectivity index (χ0) is 73.4. The van der Waals surface area contributed by atoms with Gasteiger partial charge in [-0.25, -0.2) is 0 Å². The van der Waals surface area contributed by atoms with Gasteiger partial charge < -0.3 is 0 Å². The number of allylic oxidation sites excluding steroid dienone is 8. The summed E-state index contributed by atoms with van der Waals surface area (Å²) in [5.41, 5.74) is 9.04. The molecule has 22 bridgehead atoms. The van der Waals surface area contributed by atoms with Crippen LogP contribution in [-0.4, -0.2) is 0 Å². The Morgan fingerprint density at radius 2 is 0.236 bits per heavy atom. The van der Waals surface area contributed by atoms with Crippen LogP contribution < -0.4 is 0 Å². The van der Waals surface area contributed by atoms with Crippen molar-refractivity contribution in [2.75, 3.05) is 0 Å². The van der Waals surface area contributed by atoms with Crippen molar-refractivity contribution in [3.63, 3.8) is 0 Å². The van der Waals surface area contributed by atoms with Crippen molar-refractivity contribution in [1.29, 1.82) is 0 Å². The van der Waals surface area contributed by atoms with E-state index in [1.165, 1.54) is 0 Å². The maximum Gasteiger partial charge on any atom is 0.0260 e. The van der Waals surface area contributed by atoms with Crippen LogP contribution in [0, 0.1) is 12.1 Å². The molecule has 0 heterocycles. The zero-order valence-corrected chi connectivity index (χ0v) is 62.1. The molecule has 0 saturated heterocycles. The summed E-state index contributed by atoms with van der Waals surface area (Å²) >= 11 is 0. The van der Waals surface area contributed by atoms with Crippen molar-refractivity contribution in [3.8, 4) is 0 Å². The van der Waals surface area contributed by atoms with Gasteiger partial charge in [-0.15, -0.1) is 0 Å². The molecule has 0 amide bonds. The molecule has 0 heteroatoms. The minimum Gasteiger partial charge on any atom is -0.0871 e. The molecule has 12 aromatic rings. The predicted octanol–water partition coefficient (Wildman–Crippen LogP) is 31.2. The number of rotatable bonds is 8. The van der Waals surface area contributed by atoms with Gasteiger partial charge in [0.1, 0.15) is 0 Å². The van der Waals surface area contributed by atoms with Crippen molar-refractivity contribution in [1.82, 2.24) is 0 Å². The van der Waals surface area contributed by atoms with Crippen LogP contribution >= 0.6 is 0 Å². The van der Waals surface area contributed by atoms with Gasteiger partial charge in [-0.2, -0.15) is 0 Å². The van der Waals surface area contributed by atoms with Crippen LogP contribution in [0.2, 0.25) is 0 Å². The standard InChI is InChI=1S/C106H90/c1-9-17-77-47-85-25-26-86-48-78(18-10-2)52-90(64-86)30-34-94-56-82(22-14-6)60-98(68-94)38-43-103-72-104-44-40-100-62-84(24-16-8)58-96(70-100)36-32-92-54-80(20-12-4)50-88(66-92)28-27-87-49-79(19-11-3)53-91(65-87)31-35-95-57-83(23-15-7)61-99(69-95)39-42-102-71-101(73-105(74-102)45-46-106(75-103)76-104)41-37-97-59-81(21-13-5)55-93(67-97)33-29-89(51-77)63-85/h9-39,41-43,45-76H,1-8H3/b17-9+,18-10+,19-11+,20-12+,21-13+,22-14+,23-15+,24-16+,26-25?,28-27?,33-29?,34-30?,35-31?,36-32?,41-37?,42-39?,43-38?,46-45?. The Labute approximate surface area is 627 Å². The molecule has 0 radical (unpaired) electrons. The van der Waals surface area contributed by atoms with Gasteiger partial charge in [-0.05, 0) is 390 Å². The fourth-order valence-corrected chi connectivity index (χ4v) is 13.4. The highest BCUT2D eigenvalue weighted by molar-refractivity contribution is 5.87. The van der Waals surface area contributed by atoms with Gasteiger partial charge in [-0.1, -0.05) is 231 Å². The highest BCUT2D eigenvalue weighted by atomic mass is 14.1. The molecule has 0 N–H and O–H groups in total. The Hall–Kier alpha value is -12.9. The first-order chi connectivity index (χ1) is 51.9. The molecule has 514 valence electrons. The first kappa shape index (κ1) is 72.9. The first-order valence-corrected chi connectivity index (χ1v) is 36.8. The quantitative estimate of drug-likeness (QED) is 0.142. The summed E-state index contributed by atoms with van der Waals surface area (Å²) < 4.78 is 0. The summed E-state index contributed by atoms with van der Waals surface area (Å²) in [4.78, 5) is 0. The topological polar surface area (TPSA) is 0 Å². The van der Waals surface area contributed by atoms with Gasteiger partial charge in [0.25, 0.3) is 0 Å². The van der Waals surface area contributed by atoms with E-state index in [9.17, 15) is 0 Å². The van der Waals surface area contributed by atoms with E-state index in [1.807, 2.05) is 0 Å². The van der Waals surface area contributed by atoms with Gasteiger partial charge in [0.05, 0.1) is 0 Å². The number of hydrogen-bond acceptors (Lipinski definition) is 0. The summed E-state index contributed by atoms with van der Waals surface area (Å²) in [5, 5.41) is 23.7. The highest BCUT2D eigenvalue weighted by Crippen LogP contribution is 2.25. The van der Waals surface area contributed by atoms with E-state index in [0.717, 1.165) is 163 Å². The van der Waals surface area contributed by atoms with E-state index in [1.54, 1.807) is 0 Å². The maximum absolute atomic E-state index is 3.66. The van der Waals surface area contributed by atoms with E-state index in [0.29, 0.717) is 0 Å². The third-order valence-corrected chi connectivity index (χ3v) is 17.9. The Kier molecular flexibility index (Phi) is 24.9. The van der Waals surface area contributed by atoms with Crippen LogP contribution in [0.1, 0.15) is 99.9 Å². The summed E-state index contributed by atoms with van der Waals surface area (Å²) in [6.07, 6.45) is 34.2. The van der Waals surface area contributed by atoms with Crippen molar-refractivity contribution in [2.45, 2.75) is 55.4 Å². The van der Waals surface area contributed by atoms with Crippen LogP contribution in [0.3, 0.4) is 0 Å². The minimum atomic E-state index is 0.906. The number of benzene rings is 10. The Balaban J connectivity index is 1.18. The lowest BCUT2D eigenvalue weighted by Gasteiger charge is -1.99. The molecule has 0 aliphatic carbocycles.